The summed E-state index contributed by atoms with van der Waals surface area (Å²) in [5.74, 6) is 0.0251. The van der Waals surface area contributed by atoms with Gasteiger partial charge in [0.15, 0.2) is 0 Å². The lowest BCUT2D eigenvalue weighted by Gasteiger charge is -2.21. The first-order chi connectivity index (χ1) is 10.5. The SMILES string of the molecule is Cc1ccc([C@@H](C)NC(=O)CN(C)c2ccccc2)cc1C. The molecule has 0 unspecified atom stereocenters. The van der Waals surface area contributed by atoms with Gasteiger partial charge in [0.1, 0.15) is 0 Å². The van der Waals surface area contributed by atoms with Crippen LogP contribution in [0.5, 0.6) is 0 Å². The Kier molecular flexibility index (Phi) is 5.21. The molecule has 0 aliphatic rings. The zero-order valence-electron chi connectivity index (χ0n) is 13.8. The molecule has 2 aromatic rings. The minimum absolute atomic E-state index is 0.0102. The van der Waals surface area contributed by atoms with Crippen molar-refractivity contribution in [3.8, 4) is 0 Å². The molecule has 0 spiro atoms. The summed E-state index contributed by atoms with van der Waals surface area (Å²) in [6.07, 6.45) is 0. The molecule has 0 heterocycles. The first kappa shape index (κ1) is 16.1. The smallest absolute Gasteiger partial charge is 0.239 e. The highest BCUT2D eigenvalue weighted by Gasteiger charge is 2.12. The largest absolute Gasteiger partial charge is 0.365 e. The van der Waals surface area contributed by atoms with Crippen LogP contribution in [-0.2, 0) is 4.79 Å². The molecule has 0 aromatic heterocycles. The van der Waals surface area contributed by atoms with Crippen LogP contribution < -0.4 is 10.2 Å². The van der Waals surface area contributed by atoms with Gasteiger partial charge < -0.3 is 10.2 Å². The summed E-state index contributed by atoms with van der Waals surface area (Å²) < 4.78 is 0. The number of nitrogens with zero attached hydrogens (tertiary/aromatic N) is 1. The van der Waals surface area contributed by atoms with E-state index in [0.29, 0.717) is 6.54 Å². The molecule has 0 saturated heterocycles. The molecule has 0 fully saturated rings. The Morgan fingerprint density at radius 2 is 1.77 bits per heavy atom. The molecule has 0 saturated carbocycles. The van der Waals surface area contributed by atoms with E-state index in [4.69, 9.17) is 0 Å². The number of amides is 1. The fourth-order valence-electron chi connectivity index (χ4n) is 2.39. The molecular weight excluding hydrogens is 272 g/mol. The summed E-state index contributed by atoms with van der Waals surface area (Å²) in [4.78, 5) is 14.2. The van der Waals surface area contributed by atoms with Crippen molar-refractivity contribution in [2.24, 2.45) is 0 Å². The van der Waals surface area contributed by atoms with E-state index >= 15 is 0 Å². The molecular formula is C19H24N2O. The van der Waals surface area contributed by atoms with Crippen LogP contribution in [0.1, 0.15) is 29.7 Å². The molecule has 2 aromatic carbocycles. The Balaban J connectivity index is 1.95. The van der Waals surface area contributed by atoms with Gasteiger partial charge >= 0.3 is 0 Å². The van der Waals surface area contributed by atoms with Gasteiger partial charge in [-0.05, 0) is 49.6 Å². The minimum Gasteiger partial charge on any atom is -0.365 e. The average Bonchev–Trinajstić information content (AvgIpc) is 2.50. The van der Waals surface area contributed by atoms with Crippen molar-refractivity contribution in [1.82, 2.24) is 5.32 Å². The second-order valence-corrected chi connectivity index (χ2v) is 5.82. The number of hydrogen-bond donors (Lipinski definition) is 1. The molecule has 22 heavy (non-hydrogen) atoms. The Hall–Kier alpha value is -2.29. The Morgan fingerprint density at radius 3 is 2.41 bits per heavy atom. The number of para-hydroxylation sites is 1. The number of nitrogens with one attached hydrogen (secondary N) is 1. The lowest BCUT2D eigenvalue weighted by molar-refractivity contribution is -0.120. The summed E-state index contributed by atoms with van der Waals surface area (Å²) >= 11 is 0. The monoisotopic (exact) mass is 296 g/mol. The Bertz CT molecular complexity index is 637. The van der Waals surface area contributed by atoms with Gasteiger partial charge in [-0.3, -0.25) is 4.79 Å². The topological polar surface area (TPSA) is 32.3 Å². The van der Waals surface area contributed by atoms with E-state index in [2.05, 4.69) is 37.4 Å². The van der Waals surface area contributed by atoms with Gasteiger partial charge in [-0.25, -0.2) is 0 Å². The van der Waals surface area contributed by atoms with Crippen LogP contribution in [0.3, 0.4) is 0 Å². The van der Waals surface area contributed by atoms with Crippen LogP contribution in [0.15, 0.2) is 48.5 Å². The van der Waals surface area contributed by atoms with E-state index in [0.717, 1.165) is 11.3 Å². The third-order valence-corrected chi connectivity index (χ3v) is 3.99. The van der Waals surface area contributed by atoms with Crippen molar-refractivity contribution >= 4 is 11.6 Å². The van der Waals surface area contributed by atoms with Crippen molar-refractivity contribution in [1.29, 1.82) is 0 Å². The lowest BCUT2D eigenvalue weighted by atomic mass is 10.0. The number of hydrogen-bond acceptors (Lipinski definition) is 2. The summed E-state index contributed by atoms with van der Waals surface area (Å²) in [6, 6.07) is 16.2. The zero-order chi connectivity index (χ0) is 16.1. The second-order valence-electron chi connectivity index (χ2n) is 5.82. The number of aryl methyl sites for hydroxylation is 2. The van der Waals surface area contributed by atoms with Crippen LogP contribution in [-0.4, -0.2) is 19.5 Å². The molecule has 116 valence electrons. The fraction of sp³-hybridized carbons (Fsp3) is 0.316. The maximum atomic E-state index is 12.2. The van der Waals surface area contributed by atoms with Crippen molar-refractivity contribution in [2.75, 3.05) is 18.5 Å². The molecule has 3 nitrogen and oxygen atoms in total. The predicted octanol–water partition coefficient (Wildman–Crippen LogP) is 3.62. The third-order valence-electron chi connectivity index (χ3n) is 3.99. The molecule has 2 rings (SSSR count). The van der Waals surface area contributed by atoms with E-state index in [9.17, 15) is 4.79 Å². The van der Waals surface area contributed by atoms with Gasteiger partial charge in [0, 0.05) is 12.7 Å². The predicted molar refractivity (Wildman–Crippen MR) is 92.2 cm³/mol. The summed E-state index contributed by atoms with van der Waals surface area (Å²) in [5, 5.41) is 3.06. The highest BCUT2D eigenvalue weighted by Crippen LogP contribution is 2.17. The molecule has 1 N–H and O–H groups in total. The first-order valence-corrected chi connectivity index (χ1v) is 7.60. The van der Waals surface area contributed by atoms with Gasteiger partial charge in [-0.15, -0.1) is 0 Å². The van der Waals surface area contributed by atoms with Crippen LogP contribution >= 0.6 is 0 Å². The van der Waals surface area contributed by atoms with Gasteiger partial charge in [0.05, 0.1) is 12.6 Å². The van der Waals surface area contributed by atoms with Crippen molar-refractivity contribution < 1.29 is 4.79 Å². The van der Waals surface area contributed by atoms with Gasteiger partial charge in [-0.2, -0.15) is 0 Å². The van der Waals surface area contributed by atoms with Crippen molar-refractivity contribution in [2.45, 2.75) is 26.8 Å². The van der Waals surface area contributed by atoms with Gasteiger partial charge in [-0.1, -0.05) is 36.4 Å². The van der Waals surface area contributed by atoms with E-state index in [1.165, 1.54) is 11.1 Å². The maximum Gasteiger partial charge on any atom is 0.239 e. The number of likely N-dealkylation sites (N-methyl/N-ethyl adjacent to an activating group) is 1. The highest BCUT2D eigenvalue weighted by molar-refractivity contribution is 5.81. The molecule has 0 radical (unpaired) electrons. The summed E-state index contributed by atoms with van der Waals surface area (Å²) in [7, 11) is 1.93. The second kappa shape index (κ2) is 7.12. The van der Waals surface area contributed by atoms with E-state index in [-0.39, 0.29) is 11.9 Å². The number of carbonyl (C=O) groups is 1. The number of benzene rings is 2. The van der Waals surface area contributed by atoms with E-state index in [1.54, 1.807) is 0 Å². The molecule has 1 atom stereocenters. The minimum atomic E-state index is 0.0102. The molecule has 3 heteroatoms. The van der Waals surface area contributed by atoms with E-state index in [1.807, 2.05) is 49.2 Å². The molecule has 0 bridgehead atoms. The normalized spacial score (nSPS) is 11.8. The van der Waals surface area contributed by atoms with Crippen LogP contribution in [0, 0.1) is 13.8 Å². The third kappa shape index (κ3) is 4.10. The van der Waals surface area contributed by atoms with Crippen molar-refractivity contribution in [3.63, 3.8) is 0 Å². The van der Waals surface area contributed by atoms with Crippen LogP contribution in [0.25, 0.3) is 0 Å². The number of rotatable bonds is 5. The maximum absolute atomic E-state index is 12.2. The first-order valence-electron chi connectivity index (χ1n) is 7.60. The number of anilines is 1. The van der Waals surface area contributed by atoms with Gasteiger partial charge in [0.2, 0.25) is 5.91 Å². The average molecular weight is 296 g/mol. The Labute approximate surface area is 133 Å². The molecule has 0 aliphatic carbocycles. The Morgan fingerprint density at radius 1 is 1.09 bits per heavy atom. The standard InChI is InChI=1S/C19H24N2O/c1-14-10-11-17(12-15(14)2)16(3)20-19(22)13-21(4)18-8-6-5-7-9-18/h5-12,16H,13H2,1-4H3,(H,20,22)/t16-/m1/s1. The summed E-state index contributed by atoms with van der Waals surface area (Å²) in [5.41, 5.74) is 4.70. The molecule has 0 aliphatic heterocycles. The molecule has 1 amide bonds. The van der Waals surface area contributed by atoms with Crippen molar-refractivity contribution in [3.05, 3.63) is 65.2 Å². The fourth-order valence-corrected chi connectivity index (χ4v) is 2.39. The van der Waals surface area contributed by atoms with Crippen LogP contribution in [0.4, 0.5) is 5.69 Å². The van der Waals surface area contributed by atoms with E-state index < -0.39 is 0 Å². The number of carbonyl (C=O) groups excluding carboxylic acids is 1. The van der Waals surface area contributed by atoms with Gasteiger partial charge in [0.25, 0.3) is 0 Å². The zero-order valence-corrected chi connectivity index (χ0v) is 13.8. The highest BCUT2D eigenvalue weighted by atomic mass is 16.2. The quantitative estimate of drug-likeness (QED) is 0.914. The summed E-state index contributed by atoms with van der Waals surface area (Å²) in [6.45, 7) is 6.55. The lowest BCUT2D eigenvalue weighted by Crippen LogP contribution is -2.36. The van der Waals surface area contributed by atoms with Crippen LogP contribution in [0.2, 0.25) is 0 Å².